The van der Waals surface area contributed by atoms with Gasteiger partial charge in [-0.3, -0.25) is 0 Å². The Morgan fingerprint density at radius 3 is 1.62 bits per heavy atom. The van der Waals surface area contributed by atoms with Crippen LogP contribution in [0.4, 0.5) is 19.4 Å². The molecule has 0 atom stereocenters. The maximum atomic E-state index is 12.5. The van der Waals surface area contributed by atoms with Crippen molar-refractivity contribution in [2.75, 3.05) is 0 Å². The number of hydrogen-bond donors (Lipinski definition) is 0. The predicted molar refractivity (Wildman–Crippen MR) is 52.0 cm³/mol. The molecule has 0 saturated heterocycles. The van der Waals surface area contributed by atoms with Crippen LogP contribution >= 0.6 is 10.2 Å². The minimum absolute atomic E-state index is 0.00870. The van der Waals surface area contributed by atoms with E-state index in [0.717, 1.165) is 0 Å². The number of hydrogen-bond acceptors (Lipinski definition) is 1. The lowest BCUT2D eigenvalue weighted by Crippen LogP contribution is -2.07. The monoisotopic (exact) mass is 257 g/mol. The van der Waals surface area contributed by atoms with Gasteiger partial charge in [0.2, 0.25) is 0 Å². The van der Waals surface area contributed by atoms with E-state index in [2.05, 4.69) is 0 Å². The van der Waals surface area contributed by atoms with Crippen LogP contribution in [0.25, 0.3) is 0 Å². The summed E-state index contributed by atoms with van der Waals surface area (Å²) < 4.78 is 62.3. The Morgan fingerprint density at radius 2 is 1.38 bits per heavy atom. The molecule has 0 bridgehead atoms. The smallest absolute Gasteiger partial charge is 0.192 e. The first-order chi connectivity index (χ1) is 6.85. The zero-order valence-electron chi connectivity index (χ0n) is 8.40. The quantitative estimate of drug-likeness (QED) is 0.661. The van der Waals surface area contributed by atoms with E-state index < -0.39 is 15.1 Å². The summed E-state index contributed by atoms with van der Waals surface area (Å²) in [5, 5.41) is 8.61. The van der Waals surface area contributed by atoms with Crippen molar-refractivity contribution in [2.24, 2.45) is 0 Å². The Labute approximate surface area is 89.2 Å². The second-order valence-electron chi connectivity index (χ2n) is 3.51. The van der Waals surface area contributed by atoms with Crippen molar-refractivity contribution in [1.82, 2.24) is 0 Å². The molecule has 7 heteroatoms. The molecule has 0 unspecified atom stereocenters. The molecule has 0 heterocycles. The molecule has 0 N–H and O–H groups in total. The van der Waals surface area contributed by atoms with Gasteiger partial charge in [0.25, 0.3) is 0 Å². The van der Waals surface area contributed by atoms with Crippen LogP contribution in [-0.2, 0) is 0 Å². The van der Waals surface area contributed by atoms with Crippen LogP contribution in [0.2, 0.25) is 0 Å². The van der Waals surface area contributed by atoms with Gasteiger partial charge in [0.1, 0.15) is 4.90 Å². The van der Waals surface area contributed by atoms with Crippen molar-refractivity contribution in [1.29, 1.82) is 5.26 Å². The number of rotatable bonds is 1. The second-order valence-corrected chi connectivity index (χ2v) is 5.92. The molecule has 0 aliphatic heterocycles. The van der Waals surface area contributed by atoms with E-state index >= 15 is 0 Å². The van der Waals surface area contributed by atoms with Crippen LogP contribution in [-0.4, -0.2) is 0 Å². The summed E-state index contributed by atoms with van der Waals surface area (Å²) in [6.07, 6.45) is 0. The summed E-state index contributed by atoms with van der Waals surface area (Å²) in [6, 6.07) is 2.29. The van der Waals surface area contributed by atoms with Crippen LogP contribution in [0, 0.1) is 25.2 Å². The largest absolute Gasteiger partial charge is 0.310 e. The third-order valence-electron chi connectivity index (χ3n) is 2.06. The van der Waals surface area contributed by atoms with Crippen molar-refractivity contribution in [3.05, 3.63) is 28.8 Å². The Kier molecular flexibility index (Phi) is 2.15. The fraction of sp³-hybridized carbons (Fsp3) is 0.222. The van der Waals surface area contributed by atoms with Crippen LogP contribution in [0.1, 0.15) is 16.7 Å². The van der Waals surface area contributed by atoms with Gasteiger partial charge >= 0.3 is 10.2 Å². The highest BCUT2D eigenvalue weighted by molar-refractivity contribution is 8.45. The summed E-state index contributed by atoms with van der Waals surface area (Å²) in [5.41, 5.74) is -0.220. The van der Waals surface area contributed by atoms with E-state index in [0.29, 0.717) is 12.1 Å². The van der Waals surface area contributed by atoms with Crippen molar-refractivity contribution in [3.63, 3.8) is 0 Å². The third-order valence-corrected chi connectivity index (χ3v) is 3.19. The summed E-state index contributed by atoms with van der Waals surface area (Å²) in [5.74, 6) is 0. The summed E-state index contributed by atoms with van der Waals surface area (Å²) in [6.45, 7) is 2.39. The first-order valence-electron chi connectivity index (χ1n) is 4.10. The maximum absolute atomic E-state index is 12.5. The second kappa shape index (κ2) is 2.69. The third kappa shape index (κ3) is 2.44. The van der Waals surface area contributed by atoms with Crippen molar-refractivity contribution in [2.45, 2.75) is 18.7 Å². The lowest BCUT2D eigenvalue weighted by Gasteiger charge is -2.41. The van der Waals surface area contributed by atoms with Crippen LogP contribution in [0.5, 0.6) is 0 Å². The first kappa shape index (κ1) is 12.8. The van der Waals surface area contributed by atoms with Crippen molar-refractivity contribution in [3.8, 4) is 6.07 Å². The highest BCUT2D eigenvalue weighted by Gasteiger charge is 2.65. The zero-order chi connectivity index (χ0) is 12.8. The number of nitrogens with zero attached hydrogens (tertiary/aromatic N) is 1. The molecule has 0 aromatic heterocycles. The molecular formula is C9H8F5NS. The van der Waals surface area contributed by atoms with E-state index in [-0.39, 0.29) is 16.7 Å². The number of halogens is 5. The van der Waals surface area contributed by atoms with E-state index in [1.165, 1.54) is 13.8 Å². The number of aryl methyl sites for hydroxylation is 2. The lowest BCUT2D eigenvalue weighted by atomic mass is 10.0. The maximum Gasteiger partial charge on any atom is 0.310 e. The van der Waals surface area contributed by atoms with Crippen LogP contribution < -0.4 is 0 Å². The summed E-state index contributed by atoms with van der Waals surface area (Å²) in [7, 11) is -9.65. The molecule has 90 valence electrons. The molecule has 0 aliphatic carbocycles. The molecule has 16 heavy (non-hydrogen) atoms. The van der Waals surface area contributed by atoms with Gasteiger partial charge in [-0.05, 0) is 37.1 Å². The Hall–Kier alpha value is -1.29. The molecule has 0 amide bonds. The average Bonchev–Trinajstić information content (AvgIpc) is 1.99. The molecule has 1 rings (SSSR count). The first-order valence-corrected chi connectivity index (χ1v) is 6.06. The summed E-state index contributed by atoms with van der Waals surface area (Å²) in [4.78, 5) is -1.95. The normalized spacial score (nSPS) is 16.1. The molecule has 1 aromatic carbocycles. The minimum Gasteiger partial charge on any atom is -0.192 e. The van der Waals surface area contributed by atoms with Gasteiger partial charge in [-0.1, -0.05) is 19.4 Å². The van der Waals surface area contributed by atoms with E-state index in [4.69, 9.17) is 5.26 Å². The highest BCUT2D eigenvalue weighted by Crippen LogP contribution is 3.02. The molecule has 0 radical (unpaired) electrons. The van der Waals surface area contributed by atoms with E-state index in [9.17, 15) is 19.4 Å². The Bertz CT molecular complexity index is 473. The standard InChI is InChI=1S/C9H8F5NS/c1-6-3-8(16(10,11,12,13)14)4-7(2)9(6)5-15/h3-4H,1-2H3. The van der Waals surface area contributed by atoms with Crippen LogP contribution in [0.3, 0.4) is 0 Å². The molecule has 1 aromatic rings. The van der Waals surface area contributed by atoms with Gasteiger partial charge in [0.05, 0.1) is 11.6 Å². The van der Waals surface area contributed by atoms with Crippen molar-refractivity contribution >= 4 is 10.2 Å². The SMILES string of the molecule is Cc1cc(S(F)(F)(F)(F)F)cc(C)c1C#N. The minimum atomic E-state index is -9.65. The van der Waals surface area contributed by atoms with Gasteiger partial charge in [-0.15, -0.1) is 0 Å². The Morgan fingerprint density at radius 1 is 1.00 bits per heavy atom. The predicted octanol–water partition coefficient (Wildman–Crippen LogP) is 4.83. The molecular weight excluding hydrogens is 249 g/mol. The number of nitriles is 1. The van der Waals surface area contributed by atoms with Crippen molar-refractivity contribution < 1.29 is 19.4 Å². The van der Waals surface area contributed by atoms with Crippen LogP contribution in [0.15, 0.2) is 17.0 Å². The van der Waals surface area contributed by atoms with Gasteiger partial charge < -0.3 is 0 Å². The van der Waals surface area contributed by atoms with Gasteiger partial charge in [-0.25, -0.2) is 0 Å². The zero-order valence-corrected chi connectivity index (χ0v) is 9.22. The lowest BCUT2D eigenvalue weighted by molar-refractivity contribution is 0.363. The van der Waals surface area contributed by atoms with Gasteiger partial charge in [0, 0.05) is 0 Å². The molecule has 1 nitrogen and oxygen atoms in total. The topological polar surface area (TPSA) is 23.8 Å². The average molecular weight is 257 g/mol. The molecule has 0 aliphatic rings. The molecule has 0 fully saturated rings. The highest BCUT2D eigenvalue weighted by atomic mass is 32.5. The van der Waals surface area contributed by atoms with E-state index in [1.807, 2.05) is 0 Å². The van der Waals surface area contributed by atoms with E-state index in [1.54, 1.807) is 6.07 Å². The van der Waals surface area contributed by atoms with Gasteiger partial charge in [0.15, 0.2) is 0 Å². The summed E-state index contributed by atoms with van der Waals surface area (Å²) >= 11 is 0. The number of benzene rings is 1. The fourth-order valence-electron chi connectivity index (χ4n) is 1.32. The Balaban J connectivity index is 3.63. The molecule has 0 spiro atoms. The van der Waals surface area contributed by atoms with Gasteiger partial charge in [-0.2, -0.15) is 5.26 Å². The fourth-order valence-corrected chi connectivity index (χ4v) is 2.12. The molecule has 0 saturated carbocycles.